The van der Waals surface area contributed by atoms with Crippen LogP contribution in [0.1, 0.15) is 25.7 Å². The fraction of sp³-hybridized carbons (Fsp3) is 0.529. The Balaban J connectivity index is 1.84. The molecule has 1 aromatic rings. The Morgan fingerprint density at radius 1 is 1.22 bits per heavy atom. The highest BCUT2D eigenvalue weighted by Crippen LogP contribution is 2.19. The van der Waals surface area contributed by atoms with Gasteiger partial charge in [-0.2, -0.15) is 0 Å². The van der Waals surface area contributed by atoms with Crippen molar-refractivity contribution in [2.75, 3.05) is 32.6 Å². The van der Waals surface area contributed by atoms with Crippen LogP contribution in [0.25, 0.3) is 0 Å². The third kappa shape index (κ3) is 5.16. The van der Waals surface area contributed by atoms with Gasteiger partial charge in [0, 0.05) is 31.2 Å². The van der Waals surface area contributed by atoms with Gasteiger partial charge in [-0.3, -0.25) is 9.59 Å². The zero-order valence-corrected chi connectivity index (χ0v) is 13.7. The van der Waals surface area contributed by atoms with E-state index >= 15 is 0 Å². The average molecular weight is 320 g/mol. The molecule has 1 N–H and O–H groups in total. The topological polar surface area (TPSA) is 67.9 Å². The van der Waals surface area contributed by atoms with E-state index in [9.17, 15) is 9.59 Å². The number of anilines is 1. The normalized spacial score (nSPS) is 17.5. The van der Waals surface area contributed by atoms with Gasteiger partial charge < -0.3 is 19.7 Å². The molecule has 0 spiro atoms. The highest BCUT2D eigenvalue weighted by atomic mass is 16.5. The van der Waals surface area contributed by atoms with Gasteiger partial charge in [-0.25, -0.2) is 0 Å². The van der Waals surface area contributed by atoms with Gasteiger partial charge in [0.1, 0.15) is 5.75 Å². The predicted molar refractivity (Wildman–Crippen MR) is 87.5 cm³/mol. The molecule has 0 radical (unpaired) electrons. The molecule has 1 unspecified atom stereocenters. The molecule has 6 nitrogen and oxygen atoms in total. The number of nitrogens with one attached hydrogen (secondary N) is 1. The number of carbonyl (C=O) groups excluding carboxylic acids is 2. The SMILES string of the molecule is COC(=O)CCC(=O)N1CCCC(Nc2ccc(OC)cc2)C1. The molecule has 0 aromatic heterocycles. The number of carbonyl (C=O) groups is 2. The summed E-state index contributed by atoms with van der Waals surface area (Å²) in [5.41, 5.74) is 1.01. The molecule has 1 atom stereocenters. The monoisotopic (exact) mass is 320 g/mol. The molecule has 2 rings (SSSR count). The minimum absolute atomic E-state index is 0.0108. The van der Waals surface area contributed by atoms with Crippen molar-refractivity contribution in [1.29, 1.82) is 0 Å². The molecule has 0 aliphatic carbocycles. The number of methoxy groups -OCH3 is 2. The third-order valence-corrected chi connectivity index (χ3v) is 4.01. The van der Waals surface area contributed by atoms with E-state index in [-0.39, 0.29) is 30.8 Å². The highest BCUT2D eigenvalue weighted by molar-refractivity contribution is 5.81. The summed E-state index contributed by atoms with van der Waals surface area (Å²) in [5, 5.41) is 3.45. The number of hydrogen-bond donors (Lipinski definition) is 1. The van der Waals surface area contributed by atoms with Gasteiger partial charge in [-0.15, -0.1) is 0 Å². The van der Waals surface area contributed by atoms with Crippen molar-refractivity contribution in [1.82, 2.24) is 4.90 Å². The molecule has 126 valence electrons. The van der Waals surface area contributed by atoms with Gasteiger partial charge in [0.2, 0.25) is 5.91 Å². The lowest BCUT2D eigenvalue weighted by atomic mass is 10.0. The largest absolute Gasteiger partial charge is 0.497 e. The van der Waals surface area contributed by atoms with Gasteiger partial charge in [0.05, 0.1) is 20.6 Å². The van der Waals surface area contributed by atoms with E-state index in [4.69, 9.17) is 4.74 Å². The molecule has 1 aliphatic heterocycles. The standard InChI is InChI=1S/C17H24N2O4/c1-22-15-7-5-13(6-8-15)18-14-4-3-11-19(12-14)16(20)9-10-17(21)23-2/h5-8,14,18H,3-4,9-12H2,1-2H3. The molecular formula is C17H24N2O4. The minimum Gasteiger partial charge on any atom is -0.497 e. The maximum absolute atomic E-state index is 12.2. The van der Waals surface area contributed by atoms with Crippen molar-refractivity contribution < 1.29 is 19.1 Å². The van der Waals surface area contributed by atoms with E-state index in [2.05, 4.69) is 10.1 Å². The van der Waals surface area contributed by atoms with E-state index < -0.39 is 0 Å². The van der Waals surface area contributed by atoms with Gasteiger partial charge in [-0.05, 0) is 37.1 Å². The Morgan fingerprint density at radius 3 is 2.61 bits per heavy atom. The molecule has 6 heteroatoms. The molecule has 1 saturated heterocycles. The fourth-order valence-electron chi connectivity index (χ4n) is 2.71. The van der Waals surface area contributed by atoms with E-state index in [1.165, 1.54) is 7.11 Å². The quantitative estimate of drug-likeness (QED) is 0.813. The van der Waals surface area contributed by atoms with Crippen LogP contribution in [0.4, 0.5) is 5.69 Å². The summed E-state index contributed by atoms with van der Waals surface area (Å²) in [4.78, 5) is 25.1. The maximum Gasteiger partial charge on any atom is 0.306 e. The van der Waals surface area contributed by atoms with Crippen molar-refractivity contribution >= 4 is 17.6 Å². The zero-order valence-electron chi connectivity index (χ0n) is 13.7. The summed E-state index contributed by atoms with van der Waals surface area (Å²) in [6.45, 7) is 1.41. The van der Waals surface area contributed by atoms with Crippen molar-refractivity contribution in [3.8, 4) is 5.75 Å². The molecule has 23 heavy (non-hydrogen) atoms. The molecule has 0 saturated carbocycles. The highest BCUT2D eigenvalue weighted by Gasteiger charge is 2.23. The van der Waals surface area contributed by atoms with Crippen LogP contribution in [-0.4, -0.2) is 50.1 Å². The Labute approximate surface area is 136 Å². The summed E-state index contributed by atoms with van der Waals surface area (Å²) in [6.07, 6.45) is 2.33. The average Bonchev–Trinajstić information content (AvgIpc) is 2.60. The number of nitrogens with zero attached hydrogens (tertiary/aromatic N) is 1. The van der Waals surface area contributed by atoms with Crippen LogP contribution in [0.3, 0.4) is 0 Å². The van der Waals surface area contributed by atoms with Crippen LogP contribution in [0.2, 0.25) is 0 Å². The molecule has 1 amide bonds. The summed E-state index contributed by atoms with van der Waals surface area (Å²) < 4.78 is 9.72. The van der Waals surface area contributed by atoms with E-state index in [0.29, 0.717) is 6.54 Å². The molecular weight excluding hydrogens is 296 g/mol. The van der Waals surface area contributed by atoms with Crippen LogP contribution in [-0.2, 0) is 14.3 Å². The first-order valence-corrected chi connectivity index (χ1v) is 7.87. The summed E-state index contributed by atoms with van der Waals surface area (Å²) in [7, 11) is 2.98. The Morgan fingerprint density at radius 2 is 1.96 bits per heavy atom. The van der Waals surface area contributed by atoms with E-state index in [0.717, 1.165) is 30.8 Å². The van der Waals surface area contributed by atoms with Crippen LogP contribution >= 0.6 is 0 Å². The van der Waals surface area contributed by atoms with Crippen molar-refractivity contribution in [2.24, 2.45) is 0 Å². The van der Waals surface area contributed by atoms with Gasteiger partial charge in [0.15, 0.2) is 0 Å². The molecule has 1 heterocycles. The van der Waals surface area contributed by atoms with Gasteiger partial charge in [0.25, 0.3) is 0 Å². The van der Waals surface area contributed by atoms with Crippen LogP contribution in [0.5, 0.6) is 5.75 Å². The predicted octanol–water partition coefficient (Wildman–Crippen LogP) is 2.05. The number of ether oxygens (including phenoxy) is 2. The smallest absolute Gasteiger partial charge is 0.306 e. The van der Waals surface area contributed by atoms with Crippen molar-refractivity contribution in [2.45, 2.75) is 31.7 Å². The fourth-order valence-corrected chi connectivity index (χ4v) is 2.71. The maximum atomic E-state index is 12.2. The lowest BCUT2D eigenvalue weighted by Gasteiger charge is -2.33. The first kappa shape index (κ1) is 17.1. The van der Waals surface area contributed by atoms with Crippen LogP contribution in [0.15, 0.2) is 24.3 Å². The first-order chi connectivity index (χ1) is 11.1. The first-order valence-electron chi connectivity index (χ1n) is 7.87. The number of piperidine rings is 1. The second kappa shape index (κ2) is 8.41. The lowest BCUT2D eigenvalue weighted by molar-refractivity contribution is -0.143. The molecule has 1 aliphatic rings. The van der Waals surface area contributed by atoms with E-state index in [1.807, 2.05) is 29.2 Å². The Kier molecular flexibility index (Phi) is 6.26. The van der Waals surface area contributed by atoms with Gasteiger partial charge in [-0.1, -0.05) is 0 Å². The number of esters is 1. The third-order valence-electron chi connectivity index (χ3n) is 4.01. The lowest BCUT2D eigenvalue weighted by Crippen LogP contribution is -2.45. The summed E-state index contributed by atoms with van der Waals surface area (Å²) in [5.74, 6) is 0.485. The molecule has 0 bridgehead atoms. The summed E-state index contributed by atoms with van der Waals surface area (Å²) >= 11 is 0. The number of hydrogen-bond acceptors (Lipinski definition) is 5. The second-order valence-electron chi connectivity index (χ2n) is 5.63. The van der Waals surface area contributed by atoms with Crippen LogP contribution < -0.4 is 10.1 Å². The molecule has 1 fully saturated rings. The number of likely N-dealkylation sites (tertiary alicyclic amines) is 1. The number of amides is 1. The van der Waals surface area contributed by atoms with Gasteiger partial charge >= 0.3 is 5.97 Å². The number of rotatable bonds is 6. The number of benzene rings is 1. The second-order valence-corrected chi connectivity index (χ2v) is 5.63. The van der Waals surface area contributed by atoms with Crippen LogP contribution in [0, 0.1) is 0 Å². The van der Waals surface area contributed by atoms with Crippen molar-refractivity contribution in [3.63, 3.8) is 0 Å². The molecule has 1 aromatic carbocycles. The Hall–Kier alpha value is -2.24. The minimum atomic E-state index is -0.344. The zero-order chi connectivity index (χ0) is 16.7. The van der Waals surface area contributed by atoms with Crippen molar-refractivity contribution in [3.05, 3.63) is 24.3 Å². The Bertz CT molecular complexity index is 530. The summed E-state index contributed by atoms with van der Waals surface area (Å²) in [6, 6.07) is 7.97. The van der Waals surface area contributed by atoms with E-state index in [1.54, 1.807) is 7.11 Å².